The van der Waals surface area contributed by atoms with E-state index < -0.39 is 0 Å². The second kappa shape index (κ2) is 10.5. The van der Waals surface area contributed by atoms with E-state index in [2.05, 4.69) is 36.0 Å². The molecule has 1 saturated heterocycles. The van der Waals surface area contributed by atoms with E-state index in [0.29, 0.717) is 18.2 Å². The van der Waals surface area contributed by atoms with Crippen molar-refractivity contribution >= 4 is 5.96 Å². The molecule has 1 aromatic carbocycles. The molecule has 1 heterocycles. The lowest BCUT2D eigenvalue weighted by Crippen LogP contribution is -2.45. The van der Waals surface area contributed by atoms with Gasteiger partial charge in [0.05, 0.1) is 13.2 Å². The number of nitrogens with zero attached hydrogens (tertiary/aromatic N) is 3. The Morgan fingerprint density at radius 3 is 2.92 bits per heavy atom. The van der Waals surface area contributed by atoms with Crippen LogP contribution in [0.25, 0.3) is 0 Å². The van der Waals surface area contributed by atoms with E-state index in [1.165, 1.54) is 25.5 Å². The summed E-state index contributed by atoms with van der Waals surface area (Å²) in [6, 6.07) is 5.71. The number of benzene rings is 1. The number of nitrogens with one attached hydrogen (secondary N) is 1. The minimum Gasteiger partial charge on any atom is -0.380 e. The zero-order valence-corrected chi connectivity index (χ0v) is 16.6. The van der Waals surface area contributed by atoms with Crippen LogP contribution in [0.3, 0.4) is 0 Å². The fraction of sp³-hybridized carbons (Fsp3) is 0.650. The summed E-state index contributed by atoms with van der Waals surface area (Å²) in [5.74, 6) is 0.664. The summed E-state index contributed by atoms with van der Waals surface area (Å²) >= 11 is 0. The first-order valence-electron chi connectivity index (χ1n) is 9.58. The van der Waals surface area contributed by atoms with Gasteiger partial charge in [-0.2, -0.15) is 0 Å². The van der Waals surface area contributed by atoms with Crippen LogP contribution in [0.4, 0.5) is 4.39 Å². The first-order valence-corrected chi connectivity index (χ1v) is 9.58. The van der Waals surface area contributed by atoms with Crippen LogP contribution in [-0.2, 0) is 17.9 Å². The highest BCUT2D eigenvalue weighted by Crippen LogP contribution is 2.17. The molecule has 1 aromatic rings. The normalized spacial score (nSPS) is 18.3. The third-order valence-electron chi connectivity index (χ3n) is 4.91. The minimum absolute atomic E-state index is 0.232. The molecule has 1 unspecified atom stereocenters. The molecule has 0 amide bonds. The van der Waals surface area contributed by atoms with Crippen LogP contribution >= 0.6 is 0 Å². The van der Waals surface area contributed by atoms with Crippen molar-refractivity contribution in [3.05, 3.63) is 35.1 Å². The van der Waals surface area contributed by atoms with Gasteiger partial charge in [0.2, 0.25) is 0 Å². The third kappa shape index (κ3) is 5.68. The van der Waals surface area contributed by atoms with Crippen LogP contribution in [0.2, 0.25) is 0 Å². The van der Waals surface area contributed by atoms with E-state index in [9.17, 15) is 4.39 Å². The molecule has 26 heavy (non-hydrogen) atoms. The highest BCUT2D eigenvalue weighted by molar-refractivity contribution is 5.79. The van der Waals surface area contributed by atoms with E-state index in [4.69, 9.17) is 9.73 Å². The molecule has 0 aromatic heterocycles. The fourth-order valence-electron chi connectivity index (χ4n) is 3.55. The number of methoxy groups -OCH3 is 1. The Kier molecular flexibility index (Phi) is 8.32. The van der Waals surface area contributed by atoms with E-state index in [-0.39, 0.29) is 12.4 Å². The van der Waals surface area contributed by atoms with E-state index in [0.717, 1.165) is 31.2 Å². The number of rotatable bonds is 8. The zero-order valence-electron chi connectivity index (χ0n) is 16.6. The molecule has 1 N–H and O–H groups in total. The molecule has 5 nitrogen and oxygen atoms in total. The molecule has 1 atom stereocenters. The lowest BCUT2D eigenvalue weighted by atomic mass is 10.1. The molecule has 1 fully saturated rings. The van der Waals surface area contributed by atoms with Crippen molar-refractivity contribution in [2.24, 2.45) is 4.99 Å². The number of aliphatic imine (C=N–C) groups is 1. The summed E-state index contributed by atoms with van der Waals surface area (Å²) < 4.78 is 18.8. The first-order chi connectivity index (χ1) is 12.6. The highest BCUT2D eigenvalue weighted by Gasteiger charge is 2.24. The Morgan fingerprint density at radius 2 is 2.23 bits per heavy atom. The lowest BCUT2D eigenvalue weighted by Gasteiger charge is -2.29. The second-order valence-corrected chi connectivity index (χ2v) is 6.83. The Balaban J connectivity index is 2.04. The molecule has 146 valence electrons. The van der Waals surface area contributed by atoms with Crippen molar-refractivity contribution in [2.75, 3.05) is 40.3 Å². The number of likely N-dealkylation sites (N-methyl/N-ethyl adjacent to an activating group) is 2. The number of guanidine groups is 1. The number of hydrogen-bond acceptors (Lipinski definition) is 3. The molecule has 0 aliphatic carbocycles. The Hall–Kier alpha value is -1.66. The van der Waals surface area contributed by atoms with Gasteiger partial charge in [0, 0.05) is 38.9 Å². The summed E-state index contributed by atoms with van der Waals surface area (Å²) in [5, 5.41) is 3.37. The van der Waals surface area contributed by atoms with Gasteiger partial charge in [-0.3, -0.25) is 4.90 Å². The Labute approximate surface area is 157 Å². The minimum atomic E-state index is -0.232. The van der Waals surface area contributed by atoms with Crippen molar-refractivity contribution in [1.29, 1.82) is 0 Å². The van der Waals surface area contributed by atoms with E-state index in [1.54, 1.807) is 13.2 Å². The molecule has 0 bridgehead atoms. The molecular formula is C20H33FN4O. The molecule has 1 aliphatic rings. The summed E-state index contributed by atoms with van der Waals surface area (Å²) in [7, 11) is 3.67. The van der Waals surface area contributed by atoms with Crippen LogP contribution < -0.4 is 5.32 Å². The molecule has 2 rings (SSSR count). The maximum absolute atomic E-state index is 13.8. The van der Waals surface area contributed by atoms with Gasteiger partial charge in [0.1, 0.15) is 5.82 Å². The van der Waals surface area contributed by atoms with E-state index >= 15 is 0 Å². The van der Waals surface area contributed by atoms with E-state index in [1.807, 2.05) is 6.07 Å². The Morgan fingerprint density at radius 1 is 1.42 bits per heavy atom. The standard InChI is InChI=1S/C20H33FN4O/c1-5-22-20(24(3)14-18-8-7-11-25(18)6-2)23-13-16-9-10-19(21)17(12-16)15-26-4/h9-10,12,18H,5-8,11,13-15H2,1-4H3,(H,22,23). The van der Waals surface area contributed by atoms with Gasteiger partial charge in [-0.05, 0) is 50.6 Å². The lowest BCUT2D eigenvalue weighted by molar-refractivity contribution is 0.181. The Bertz CT molecular complexity index is 593. The SMILES string of the molecule is CCNC(=NCc1ccc(F)c(COC)c1)N(C)CC1CCCN1CC. The maximum atomic E-state index is 13.8. The molecule has 0 radical (unpaired) electrons. The van der Waals surface area contributed by atoms with Crippen LogP contribution in [0, 0.1) is 5.82 Å². The van der Waals surface area contributed by atoms with Gasteiger partial charge in [0.25, 0.3) is 0 Å². The fourth-order valence-corrected chi connectivity index (χ4v) is 3.55. The van der Waals surface area contributed by atoms with Crippen molar-refractivity contribution < 1.29 is 9.13 Å². The molecule has 1 aliphatic heterocycles. The van der Waals surface area contributed by atoms with Crippen molar-refractivity contribution in [1.82, 2.24) is 15.1 Å². The van der Waals surface area contributed by atoms with Crippen LogP contribution in [-0.4, -0.2) is 62.1 Å². The van der Waals surface area contributed by atoms with Crippen LogP contribution in [0.5, 0.6) is 0 Å². The average molecular weight is 365 g/mol. The summed E-state index contributed by atoms with van der Waals surface area (Å²) in [6.45, 7) is 9.19. The van der Waals surface area contributed by atoms with Crippen molar-refractivity contribution in [3.8, 4) is 0 Å². The number of ether oxygens (including phenoxy) is 1. The van der Waals surface area contributed by atoms with Gasteiger partial charge in [-0.1, -0.05) is 13.0 Å². The zero-order chi connectivity index (χ0) is 18.9. The van der Waals surface area contributed by atoms with Gasteiger partial charge < -0.3 is 15.0 Å². The summed E-state index contributed by atoms with van der Waals surface area (Å²) in [4.78, 5) is 9.51. The van der Waals surface area contributed by atoms with Gasteiger partial charge in [0.15, 0.2) is 5.96 Å². The number of hydrogen-bond donors (Lipinski definition) is 1. The first kappa shape index (κ1) is 20.6. The van der Waals surface area contributed by atoms with Crippen molar-refractivity contribution in [2.45, 2.75) is 45.9 Å². The molecular weight excluding hydrogens is 331 g/mol. The predicted molar refractivity (Wildman–Crippen MR) is 105 cm³/mol. The topological polar surface area (TPSA) is 40.1 Å². The monoisotopic (exact) mass is 364 g/mol. The quantitative estimate of drug-likeness (QED) is 0.569. The number of halogens is 1. The third-order valence-corrected chi connectivity index (χ3v) is 4.91. The predicted octanol–water partition coefficient (Wildman–Crippen LogP) is 2.85. The van der Waals surface area contributed by atoms with Gasteiger partial charge in [-0.25, -0.2) is 9.38 Å². The average Bonchev–Trinajstić information content (AvgIpc) is 3.08. The molecule has 0 saturated carbocycles. The largest absolute Gasteiger partial charge is 0.380 e. The molecule has 6 heteroatoms. The highest BCUT2D eigenvalue weighted by atomic mass is 19.1. The van der Waals surface area contributed by atoms with Crippen molar-refractivity contribution in [3.63, 3.8) is 0 Å². The summed E-state index contributed by atoms with van der Waals surface area (Å²) in [5.41, 5.74) is 1.56. The maximum Gasteiger partial charge on any atom is 0.194 e. The number of likely N-dealkylation sites (tertiary alicyclic amines) is 1. The van der Waals surface area contributed by atoms with Gasteiger partial charge >= 0.3 is 0 Å². The second-order valence-electron chi connectivity index (χ2n) is 6.83. The van der Waals surface area contributed by atoms with Gasteiger partial charge in [-0.15, -0.1) is 0 Å². The molecule has 0 spiro atoms. The van der Waals surface area contributed by atoms with Crippen LogP contribution in [0.15, 0.2) is 23.2 Å². The summed E-state index contributed by atoms with van der Waals surface area (Å²) in [6.07, 6.45) is 2.52. The smallest absolute Gasteiger partial charge is 0.194 e. The van der Waals surface area contributed by atoms with Crippen LogP contribution in [0.1, 0.15) is 37.8 Å².